The molecule has 2 rings (SSSR count). The summed E-state index contributed by atoms with van der Waals surface area (Å²) in [5.41, 5.74) is 0.632. The van der Waals surface area contributed by atoms with Crippen LogP contribution in [0.25, 0.3) is 0 Å². The van der Waals surface area contributed by atoms with Crippen LogP contribution in [0.15, 0.2) is 23.1 Å². The fraction of sp³-hybridized carbons (Fsp3) is 0.562. The van der Waals surface area contributed by atoms with Gasteiger partial charge in [-0.3, -0.25) is 4.79 Å². The summed E-state index contributed by atoms with van der Waals surface area (Å²) in [4.78, 5) is 10.9. The molecule has 128 valence electrons. The molecule has 1 fully saturated rings. The lowest BCUT2D eigenvalue weighted by atomic mass is 10.00. The average molecular weight is 360 g/mol. The van der Waals surface area contributed by atoms with Gasteiger partial charge < -0.3 is 5.11 Å². The molecule has 0 aliphatic carbocycles. The number of sulfonamides is 1. The molecule has 0 amide bonds. The van der Waals surface area contributed by atoms with Crippen LogP contribution in [-0.2, 0) is 14.8 Å². The van der Waals surface area contributed by atoms with E-state index in [2.05, 4.69) is 0 Å². The van der Waals surface area contributed by atoms with E-state index >= 15 is 0 Å². The normalized spacial score (nSPS) is 19.7. The third-order valence-electron chi connectivity index (χ3n) is 4.23. The topological polar surface area (TPSA) is 74.7 Å². The third-order valence-corrected chi connectivity index (χ3v) is 6.81. The quantitative estimate of drug-likeness (QED) is 0.844. The van der Waals surface area contributed by atoms with Gasteiger partial charge in [0.2, 0.25) is 10.0 Å². The van der Waals surface area contributed by atoms with Crippen LogP contribution in [0.2, 0.25) is 5.02 Å². The molecule has 0 spiro atoms. The van der Waals surface area contributed by atoms with Gasteiger partial charge in [0.05, 0.1) is 5.02 Å². The van der Waals surface area contributed by atoms with Crippen molar-refractivity contribution in [2.75, 3.05) is 6.54 Å². The number of piperidine rings is 1. The van der Waals surface area contributed by atoms with Crippen molar-refractivity contribution in [1.82, 2.24) is 4.31 Å². The van der Waals surface area contributed by atoms with Gasteiger partial charge in [-0.25, -0.2) is 8.42 Å². The molecule has 1 N–H and O–H groups in total. The predicted octanol–water partition coefficient (Wildman–Crippen LogP) is 3.45. The molecule has 1 unspecified atom stereocenters. The molecule has 7 heteroatoms. The predicted molar refractivity (Wildman–Crippen MR) is 89.2 cm³/mol. The van der Waals surface area contributed by atoms with Gasteiger partial charge in [-0.2, -0.15) is 4.31 Å². The highest BCUT2D eigenvalue weighted by atomic mass is 35.5. The number of nitrogens with zero attached hydrogens (tertiary/aromatic N) is 1. The minimum atomic E-state index is -3.67. The number of rotatable bonds is 6. The molecule has 0 aromatic heterocycles. The highest BCUT2D eigenvalue weighted by Crippen LogP contribution is 2.33. The second-order valence-electron chi connectivity index (χ2n) is 5.94. The molecule has 1 aromatic carbocycles. The maximum absolute atomic E-state index is 13.1. The van der Waals surface area contributed by atoms with Crippen molar-refractivity contribution >= 4 is 27.6 Å². The highest BCUT2D eigenvalue weighted by Gasteiger charge is 2.35. The first-order valence-electron chi connectivity index (χ1n) is 7.83. The van der Waals surface area contributed by atoms with Crippen LogP contribution in [0.5, 0.6) is 0 Å². The molecule has 0 radical (unpaired) electrons. The molecule has 1 aromatic rings. The Bertz CT molecular complexity index is 654. The lowest BCUT2D eigenvalue weighted by molar-refractivity contribution is -0.137. The molecule has 1 aliphatic rings. The van der Waals surface area contributed by atoms with Gasteiger partial charge in [0.15, 0.2) is 0 Å². The number of hydrogen-bond donors (Lipinski definition) is 1. The van der Waals surface area contributed by atoms with Crippen molar-refractivity contribution in [3.05, 3.63) is 28.8 Å². The van der Waals surface area contributed by atoms with E-state index in [1.54, 1.807) is 25.1 Å². The Morgan fingerprint density at radius 1 is 1.39 bits per heavy atom. The van der Waals surface area contributed by atoms with Crippen molar-refractivity contribution in [1.29, 1.82) is 0 Å². The molecule has 1 atom stereocenters. The number of halogens is 1. The van der Waals surface area contributed by atoms with Gasteiger partial charge in [-0.15, -0.1) is 0 Å². The molecule has 1 aliphatic heterocycles. The second-order valence-corrected chi connectivity index (χ2v) is 8.17. The van der Waals surface area contributed by atoms with Crippen LogP contribution >= 0.6 is 11.6 Å². The Kier molecular flexibility index (Phi) is 6.06. The fourth-order valence-corrected chi connectivity index (χ4v) is 5.64. The van der Waals surface area contributed by atoms with Crippen LogP contribution in [0, 0.1) is 6.92 Å². The SMILES string of the molecule is Cc1cccc(Cl)c1S(=O)(=O)N1CCCCC1CCCC(=O)O. The summed E-state index contributed by atoms with van der Waals surface area (Å²) in [6.07, 6.45) is 3.66. The minimum absolute atomic E-state index is 0.0650. The van der Waals surface area contributed by atoms with Crippen LogP contribution in [0.1, 0.15) is 44.1 Å². The number of aliphatic carboxylic acids is 1. The molecule has 0 saturated carbocycles. The number of carbonyl (C=O) groups is 1. The van der Waals surface area contributed by atoms with E-state index in [4.69, 9.17) is 16.7 Å². The van der Waals surface area contributed by atoms with Crippen molar-refractivity contribution in [2.24, 2.45) is 0 Å². The Balaban J connectivity index is 2.26. The van der Waals surface area contributed by atoms with Gasteiger partial charge in [0.1, 0.15) is 4.90 Å². The first kappa shape index (κ1) is 18.2. The zero-order chi connectivity index (χ0) is 17.0. The second kappa shape index (κ2) is 7.64. The number of aryl methyl sites for hydroxylation is 1. The van der Waals surface area contributed by atoms with Crippen LogP contribution in [-0.4, -0.2) is 36.4 Å². The van der Waals surface area contributed by atoms with Crippen LogP contribution in [0.3, 0.4) is 0 Å². The summed E-state index contributed by atoms with van der Waals surface area (Å²) < 4.78 is 27.6. The first-order chi connectivity index (χ1) is 10.8. The molecule has 1 heterocycles. The lowest BCUT2D eigenvalue weighted by Crippen LogP contribution is -2.44. The Labute approximate surface area is 142 Å². The zero-order valence-corrected chi connectivity index (χ0v) is 14.7. The number of carboxylic acid groups (broad SMARTS) is 1. The molecule has 1 saturated heterocycles. The maximum Gasteiger partial charge on any atom is 0.303 e. The number of carboxylic acids is 1. The summed E-state index contributed by atoms with van der Waals surface area (Å²) in [7, 11) is -3.67. The minimum Gasteiger partial charge on any atom is -0.481 e. The average Bonchev–Trinajstić information content (AvgIpc) is 2.47. The van der Waals surface area contributed by atoms with Gasteiger partial charge in [0, 0.05) is 19.0 Å². The van der Waals surface area contributed by atoms with Crippen LogP contribution in [0.4, 0.5) is 0 Å². The van der Waals surface area contributed by atoms with Gasteiger partial charge >= 0.3 is 5.97 Å². The largest absolute Gasteiger partial charge is 0.481 e. The molecular formula is C16H22ClNO4S. The van der Waals surface area contributed by atoms with Crippen molar-refractivity contribution in [2.45, 2.75) is 56.4 Å². The van der Waals surface area contributed by atoms with Crippen molar-refractivity contribution in [3.63, 3.8) is 0 Å². The summed E-state index contributed by atoms with van der Waals surface area (Å²) in [5, 5.41) is 9.01. The molecular weight excluding hydrogens is 338 g/mol. The Morgan fingerprint density at radius 3 is 2.78 bits per heavy atom. The molecule has 0 bridgehead atoms. The van der Waals surface area contributed by atoms with E-state index in [0.29, 0.717) is 24.9 Å². The van der Waals surface area contributed by atoms with E-state index in [1.165, 1.54) is 4.31 Å². The third kappa shape index (κ3) is 4.25. The summed E-state index contributed by atoms with van der Waals surface area (Å²) >= 11 is 6.14. The lowest BCUT2D eigenvalue weighted by Gasteiger charge is -2.35. The number of hydrogen-bond acceptors (Lipinski definition) is 3. The highest BCUT2D eigenvalue weighted by molar-refractivity contribution is 7.89. The van der Waals surface area contributed by atoms with E-state index in [1.807, 2.05) is 0 Å². The number of benzene rings is 1. The monoisotopic (exact) mass is 359 g/mol. The Morgan fingerprint density at radius 2 is 2.13 bits per heavy atom. The fourth-order valence-electron chi connectivity index (χ4n) is 3.13. The molecule has 23 heavy (non-hydrogen) atoms. The van der Waals surface area contributed by atoms with Crippen LogP contribution < -0.4 is 0 Å². The Hall–Kier alpha value is -1.11. The standard InChI is InChI=1S/C16H22ClNO4S/c1-12-6-4-9-14(17)16(12)23(21,22)18-11-3-2-7-13(18)8-5-10-15(19)20/h4,6,9,13H,2-3,5,7-8,10-11H2,1H3,(H,19,20). The van der Waals surface area contributed by atoms with Gasteiger partial charge in [-0.05, 0) is 44.2 Å². The maximum atomic E-state index is 13.1. The van der Waals surface area contributed by atoms with Crippen molar-refractivity contribution < 1.29 is 18.3 Å². The van der Waals surface area contributed by atoms with Crippen molar-refractivity contribution in [3.8, 4) is 0 Å². The van der Waals surface area contributed by atoms with E-state index in [9.17, 15) is 13.2 Å². The summed E-state index contributed by atoms with van der Waals surface area (Å²) in [6, 6.07) is 4.91. The first-order valence-corrected chi connectivity index (χ1v) is 9.64. The van der Waals surface area contributed by atoms with Gasteiger partial charge in [-0.1, -0.05) is 30.2 Å². The van der Waals surface area contributed by atoms with E-state index < -0.39 is 16.0 Å². The van der Waals surface area contributed by atoms with Gasteiger partial charge in [0.25, 0.3) is 0 Å². The summed E-state index contributed by atoms with van der Waals surface area (Å²) in [6.45, 7) is 2.20. The zero-order valence-electron chi connectivity index (χ0n) is 13.2. The molecule has 5 nitrogen and oxygen atoms in total. The smallest absolute Gasteiger partial charge is 0.303 e. The summed E-state index contributed by atoms with van der Waals surface area (Å²) in [5.74, 6) is -0.850. The van der Waals surface area contributed by atoms with E-state index in [-0.39, 0.29) is 22.4 Å². The van der Waals surface area contributed by atoms with E-state index in [0.717, 1.165) is 19.3 Å².